The van der Waals surface area contributed by atoms with Gasteiger partial charge in [0, 0.05) is 26.2 Å². The van der Waals surface area contributed by atoms with Crippen molar-refractivity contribution in [2.75, 3.05) is 37.9 Å². The van der Waals surface area contributed by atoms with Crippen LogP contribution in [0.25, 0.3) is 0 Å². The zero-order valence-electron chi connectivity index (χ0n) is 13.6. The molecule has 0 bridgehead atoms. The van der Waals surface area contributed by atoms with Gasteiger partial charge in [-0.2, -0.15) is 4.98 Å². The largest absolute Gasteiger partial charge is 0.476 e. The van der Waals surface area contributed by atoms with E-state index in [4.69, 9.17) is 15.2 Å². The summed E-state index contributed by atoms with van der Waals surface area (Å²) in [6.45, 7) is 8.30. The van der Waals surface area contributed by atoms with E-state index in [0.29, 0.717) is 30.6 Å². The van der Waals surface area contributed by atoms with Gasteiger partial charge < -0.3 is 20.5 Å². The number of nitrogens with one attached hydrogen (secondary N) is 1. The molecule has 1 aromatic heterocycles. The Hall–Kier alpha value is -1.56. The minimum atomic E-state index is 0.221. The van der Waals surface area contributed by atoms with Crippen LogP contribution in [-0.4, -0.2) is 36.8 Å². The number of hydrogen-bond acceptors (Lipinski definition) is 6. The summed E-state index contributed by atoms with van der Waals surface area (Å²) in [5.74, 6) is 2.09. The van der Waals surface area contributed by atoms with Gasteiger partial charge in [-0.25, -0.2) is 4.98 Å². The first-order valence-corrected chi connectivity index (χ1v) is 7.63. The van der Waals surface area contributed by atoms with Gasteiger partial charge in [-0.05, 0) is 12.8 Å². The van der Waals surface area contributed by atoms with Crippen molar-refractivity contribution < 1.29 is 9.47 Å². The standard InChI is InChI=1S/C15H28N4O2/c1-5-6-10-21-15-12(16)14(17-8-7-9-20-4)18-13(19-15)11(2)3/h11H,5-10,16H2,1-4H3,(H,17,18,19). The Morgan fingerprint density at radius 3 is 2.57 bits per heavy atom. The number of unbranched alkanes of at least 4 members (excludes halogenated alkanes) is 1. The molecule has 0 aliphatic heterocycles. The number of hydrogen-bond donors (Lipinski definition) is 2. The monoisotopic (exact) mass is 296 g/mol. The maximum atomic E-state index is 6.11. The molecule has 1 aromatic rings. The highest BCUT2D eigenvalue weighted by Crippen LogP contribution is 2.28. The van der Waals surface area contributed by atoms with Crippen molar-refractivity contribution >= 4 is 11.5 Å². The van der Waals surface area contributed by atoms with Gasteiger partial charge in [-0.15, -0.1) is 0 Å². The zero-order chi connectivity index (χ0) is 15.7. The fraction of sp³-hybridized carbons (Fsp3) is 0.733. The molecule has 0 atom stereocenters. The van der Waals surface area contributed by atoms with E-state index < -0.39 is 0 Å². The van der Waals surface area contributed by atoms with Crippen LogP contribution in [-0.2, 0) is 4.74 Å². The van der Waals surface area contributed by atoms with Crippen molar-refractivity contribution in [2.45, 2.75) is 46.0 Å². The number of ether oxygens (including phenoxy) is 2. The molecule has 0 saturated heterocycles. The number of rotatable bonds is 10. The summed E-state index contributed by atoms with van der Waals surface area (Å²) >= 11 is 0. The molecule has 0 unspecified atom stereocenters. The second kappa shape index (κ2) is 9.39. The third-order valence-corrected chi connectivity index (χ3v) is 3.00. The first kappa shape index (κ1) is 17.5. The molecule has 120 valence electrons. The fourth-order valence-corrected chi connectivity index (χ4v) is 1.70. The molecule has 6 nitrogen and oxygen atoms in total. The van der Waals surface area contributed by atoms with E-state index in [2.05, 4.69) is 36.1 Å². The SMILES string of the molecule is CCCCOc1nc(C(C)C)nc(NCCCOC)c1N. The van der Waals surface area contributed by atoms with Crippen LogP contribution in [0, 0.1) is 0 Å². The third kappa shape index (κ3) is 5.75. The Kier molecular flexibility index (Phi) is 7.82. The molecule has 3 N–H and O–H groups in total. The lowest BCUT2D eigenvalue weighted by molar-refractivity contribution is 0.197. The molecular weight excluding hydrogens is 268 g/mol. The normalized spacial score (nSPS) is 10.9. The lowest BCUT2D eigenvalue weighted by atomic mass is 10.2. The van der Waals surface area contributed by atoms with Crippen molar-refractivity contribution in [3.05, 3.63) is 5.82 Å². The van der Waals surface area contributed by atoms with Gasteiger partial charge in [0.2, 0.25) is 5.88 Å². The first-order chi connectivity index (χ1) is 10.1. The Labute approximate surface area is 127 Å². The lowest BCUT2D eigenvalue weighted by Crippen LogP contribution is -2.13. The second-order valence-corrected chi connectivity index (χ2v) is 5.28. The predicted octanol–water partition coefficient (Wildman–Crippen LogP) is 2.81. The molecule has 0 aliphatic rings. The summed E-state index contributed by atoms with van der Waals surface area (Å²) in [5.41, 5.74) is 6.59. The fourth-order valence-electron chi connectivity index (χ4n) is 1.70. The number of methoxy groups -OCH3 is 1. The molecule has 1 heterocycles. The van der Waals surface area contributed by atoms with Gasteiger partial charge in [0.05, 0.1) is 6.61 Å². The van der Waals surface area contributed by atoms with E-state index in [1.807, 2.05) is 0 Å². The van der Waals surface area contributed by atoms with Crippen molar-refractivity contribution in [2.24, 2.45) is 0 Å². The molecule has 0 aromatic carbocycles. The zero-order valence-corrected chi connectivity index (χ0v) is 13.6. The van der Waals surface area contributed by atoms with Gasteiger partial charge in [0.15, 0.2) is 5.82 Å². The van der Waals surface area contributed by atoms with Crippen LogP contribution < -0.4 is 15.8 Å². The third-order valence-electron chi connectivity index (χ3n) is 3.00. The molecule has 6 heteroatoms. The van der Waals surface area contributed by atoms with E-state index in [-0.39, 0.29) is 5.92 Å². The van der Waals surface area contributed by atoms with Crippen LogP contribution in [0.3, 0.4) is 0 Å². The smallest absolute Gasteiger partial charge is 0.242 e. The van der Waals surface area contributed by atoms with E-state index in [1.165, 1.54) is 0 Å². The Morgan fingerprint density at radius 1 is 1.19 bits per heavy atom. The molecule has 0 amide bonds. The van der Waals surface area contributed by atoms with Crippen LogP contribution in [0.15, 0.2) is 0 Å². The van der Waals surface area contributed by atoms with E-state index in [0.717, 1.165) is 31.6 Å². The van der Waals surface area contributed by atoms with Crippen LogP contribution in [0.5, 0.6) is 5.88 Å². The topological polar surface area (TPSA) is 82.3 Å². The van der Waals surface area contributed by atoms with Crippen molar-refractivity contribution in [3.63, 3.8) is 0 Å². The summed E-state index contributed by atoms with van der Waals surface area (Å²) in [6, 6.07) is 0. The number of anilines is 2. The molecule has 0 saturated carbocycles. The molecule has 0 aliphatic carbocycles. The molecule has 0 spiro atoms. The average molecular weight is 296 g/mol. The summed E-state index contributed by atoms with van der Waals surface area (Å²) in [5, 5.41) is 3.24. The minimum absolute atomic E-state index is 0.221. The van der Waals surface area contributed by atoms with Crippen molar-refractivity contribution in [1.29, 1.82) is 0 Å². The minimum Gasteiger partial charge on any atom is -0.476 e. The summed E-state index contributed by atoms with van der Waals surface area (Å²) < 4.78 is 10.7. The number of nitrogen functional groups attached to an aromatic ring is 1. The number of aromatic nitrogens is 2. The van der Waals surface area contributed by atoms with Crippen LogP contribution >= 0.6 is 0 Å². The summed E-state index contributed by atoms with van der Waals surface area (Å²) in [4.78, 5) is 8.92. The van der Waals surface area contributed by atoms with E-state index in [9.17, 15) is 0 Å². The van der Waals surface area contributed by atoms with Crippen molar-refractivity contribution in [1.82, 2.24) is 9.97 Å². The maximum absolute atomic E-state index is 6.11. The van der Waals surface area contributed by atoms with Gasteiger partial charge in [0.25, 0.3) is 0 Å². The maximum Gasteiger partial charge on any atom is 0.242 e. The quantitative estimate of drug-likeness (QED) is 0.646. The van der Waals surface area contributed by atoms with Gasteiger partial charge in [0.1, 0.15) is 11.5 Å². The predicted molar refractivity (Wildman–Crippen MR) is 85.9 cm³/mol. The second-order valence-electron chi connectivity index (χ2n) is 5.28. The summed E-state index contributed by atoms with van der Waals surface area (Å²) in [7, 11) is 1.69. The molecule has 1 rings (SSSR count). The van der Waals surface area contributed by atoms with E-state index in [1.54, 1.807) is 7.11 Å². The van der Waals surface area contributed by atoms with E-state index >= 15 is 0 Å². The number of nitrogens with two attached hydrogens (primary N) is 1. The highest BCUT2D eigenvalue weighted by atomic mass is 16.5. The molecule has 0 fully saturated rings. The first-order valence-electron chi connectivity index (χ1n) is 7.63. The highest BCUT2D eigenvalue weighted by molar-refractivity contribution is 5.67. The summed E-state index contributed by atoms with van der Waals surface area (Å²) in [6.07, 6.45) is 2.95. The van der Waals surface area contributed by atoms with Crippen LogP contribution in [0.1, 0.15) is 51.8 Å². The van der Waals surface area contributed by atoms with Crippen molar-refractivity contribution in [3.8, 4) is 5.88 Å². The highest BCUT2D eigenvalue weighted by Gasteiger charge is 2.14. The van der Waals surface area contributed by atoms with Gasteiger partial charge in [-0.1, -0.05) is 27.2 Å². The number of nitrogens with zero attached hydrogens (tertiary/aromatic N) is 2. The van der Waals surface area contributed by atoms with Gasteiger partial charge in [-0.3, -0.25) is 0 Å². The molecule has 21 heavy (non-hydrogen) atoms. The Bertz CT molecular complexity index is 424. The average Bonchev–Trinajstić information content (AvgIpc) is 2.46. The van der Waals surface area contributed by atoms with Crippen LogP contribution in [0.4, 0.5) is 11.5 Å². The van der Waals surface area contributed by atoms with Crippen LogP contribution in [0.2, 0.25) is 0 Å². The molecule has 0 radical (unpaired) electrons. The Morgan fingerprint density at radius 2 is 1.95 bits per heavy atom. The molecular formula is C15H28N4O2. The Balaban J connectivity index is 2.83. The lowest BCUT2D eigenvalue weighted by Gasteiger charge is -2.15. The van der Waals surface area contributed by atoms with Gasteiger partial charge >= 0.3 is 0 Å².